The van der Waals surface area contributed by atoms with Gasteiger partial charge in [-0.1, -0.05) is 66.7 Å². The number of anilines is 1. The van der Waals surface area contributed by atoms with Crippen molar-refractivity contribution in [1.29, 1.82) is 0 Å². The highest BCUT2D eigenvalue weighted by molar-refractivity contribution is 5.77. The smallest absolute Gasteiger partial charge is 0.279 e. The van der Waals surface area contributed by atoms with Crippen LogP contribution in [0.1, 0.15) is 29.8 Å². The molecule has 0 saturated carbocycles. The van der Waals surface area contributed by atoms with Gasteiger partial charge in [0.05, 0.1) is 6.54 Å². The maximum absolute atomic E-state index is 13.5. The number of aromatic nitrogens is 4. The van der Waals surface area contributed by atoms with Crippen molar-refractivity contribution in [3.05, 3.63) is 88.0 Å². The summed E-state index contributed by atoms with van der Waals surface area (Å²) in [5.41, 5.74) is 9.30. The largest absolute Gasteiger partial charge is 0.341 e. The number of nitrogens with zero attached hydrogens (tertiary/aromatic N) is 5. The lowest BCUT2D eigenvalue weighted by molar-refractivity contribution is 0.495. The van der Waals surface area contributed by atoms with Gasteiger partial charge in [-0.25, -0.2) is 4.98 Å². The van der Waals surface area contributed by atoms with Crippen LogP contribution >= 0.6 is 0 Å². The molecule has 7 nitrogen and oxygen atoms in total. The first-order valence-corrected chi connectivity index (χ1v) is 11.3. The Balaban J connectivity index is 1.63. The van der Waals surface area contributed by atoms with Gasteiger partial charge < -0.3 is 10.6 Å². The maximum atomic E-state index is 13.5. The summed E-state index contributed by atoms with van der Waals surface area (Å²) in [5.74, 6) is 1.33. The fraction of sp³-hybridized carbons (Fsp3) is 0.269. The Morgan fingerprint density at radius 1 is 1.03 bits per heavy atom. The van der Waals surface area contributed by atoms with Crippen LogP contribution in [0.15, 0.2) is 65.5 Å². The Morgan fingerprint density at radius 2 is 1.76 bits per heavy atom. The maximum Gasteiger partial charge on any atom is 0.279 e. The summed E-state index contributed by atoms with van der Waals surface area (Å²) in [6.07, 6.45) is 5.83. The zero-order valence-electron chi connectivity index (χ0n) is 18.8. The Bertz CT molecular complexity index is 1340. The van der Waals surface area contributed by atoms with E-state index in [9.17, 15) is 4.79 Å². The Hall–Kier alpha value is -3.71. The SMILES string of the molecule is Cn1c(C=Cc2ccccc2)nc2nc(N3CCCC(N)C3)n(Cc3ccccc3)c2c1=O. The van der Waals surface area contributed by atoms with Crippen LogP contribution in [0.4, 0.5) is 5.95 Å². The van der Waals surface area contributed by atoms with Gasteiger partial charge >= 0.3 is 0 Å². The predicted octanol–water partition coefficient (Wildman–Crippen LogP) is 3.28. The van der Waals surface area contributed by atoms with Crippen LogP contribution in [0.5, 0.6) is 0 Å². The number of nitrogens with two attached hydrogens (primary N) is 1. The quantitative estimate of drug-likeness (QED) is 0.515. The second-order valence-corrected chi connectivity index (χ2v) is 8.58. The molecule has 1 aliphatic heterocycles. The van der Waals surface area contributed by atoms with Gasteiger partial charge in [-0.15, -0.1) is 0 Å². The lowest BCUT2D eigenvalue weighted by Crippen LogP contribution is -2.44. The second-order valence-electron chi connectivity index (χ2n) is 8.58. The molecule has 0 spiro atoms. The first-order chi connectivity index (χ1) is 16.1. The van der Waals surface area contributed by atoms with E-state index >= 15 is 0 Å². The highest BCUT2D eigenvalue weighted by Gasteiger charge is 2.25. The first kappa shape index (κ1) is 21.2. The standard InChI is InChI=1S/C26H28N6O/c1-30-22(15-14-19-9-4-2-5-10-19)28-24-23(25(30)33)32(17-20-11-6-3-7-12-20)26(29-24)31-16-8-13-21(27)18-31/h2-7,9-12,14-15,21H,8,13,16-18,27H2,1H3. The third kappa shape index (κ3) is 4.32. The van der Waals surface area contributed by atoms with Gasteiger partial charge in [0.25, 0.3) is 5.56 Å². The van der Waals surface area contributed by atoms with E-state index in [-0.39, 0.29) is 11.6 Å². The van der Waals surface area contributed by atoms with E-state index in [1.54, 1.807) is 11.6 Å². The monoisotopic (exact) mass is 440 g/mol. The van der Waals surface area contributed by atoms with Crippen molar-refractivity contribution in [1.82, 2.24) is 19.1 Å². The van der Waals surface area contributed by atoms with Crippen molar-refractivity contribution in [3.63, 3.8) is 0 Å². The van der Waals surface area contributed by atoms with E-state index in [1.807, 2.05) is 65.3 Å². The molecule has 2 aromatic heterocycles. The number of piperidine rings is 1. The van der Waals surface area contributed by atoms with Crippen molar-refractivity contribution in [2.24, 2.45) is 12.8 Å². The lowest BCUT2D eigenvalue weighted by Gasteiger charge is -2.31. The van der Waals surface area contributed by atoms with Gasteiger partial charge in [0.1, 0.15) is 5.82 Å². The minimum absolute atomic E-state index is 0.101. The summed E-state index contributed by atoms with van der Waals surface area (Å²) < 4.78 is 3.60. The predicted molar refractivity (Wildman–Crippen MR) is 133 cm³/mol. The first-order valence-electron chi connectivity index (χ1n) is 11.3. The number of imidazole rings is 1. The molecule has 1 atom stereocenters. The van der Waals surface area contributed by atoms with E-state index in [1.165, 1.54) is 0 Å². The molecular formula is C26H28N6O. The zero-order chi connectivity index (χ0) is 22.8. The van der Waals surface area contributed by atoms with Crippen LogP contribution in [-0.2, 0) is 13.6 Å². The van der Waals surface area contributed by atoms with Gasteiger partial charge in [0.15, 0.2) is 11.2 Å². The molecule has 2 N–H and O–H groups in total. The molecule has 4 aromatic rings. The van der Waals surface area contributed by atoms with Crippen molar-refractivity contribution in [2.75, 3.05) is 18.0 Å². The molecule has 1 saturated heterocycles. The molecule has 5 rings (SSSR count). The number of fused-ring (bicyclic) bond motifs is 1. The number of hydrogen-bond acceptors (Lipinski definition) is 5. The minimum atomic E-state index is -0.108. The van der Waals surface area contributed by atoms with Crippen molar-refractivity contribution in [2.45, 2.75) is 25.4 Å². The van der Waals surface area contributed by atoms with Gasteiger partial charge in [-0.05, 0) is 30.0 Å². The molecule has 1 fully saturated rings. The van der Waals surface area contributed by atoms with Gasteiger partial charge in [0, 0.05) is 26.2 Å². The molecule has 3 heterocycles. The summed E-state index contributed by atoms with van der Waals surface area (Å²) in [6, 6.07) is 20.2. The molecule has 1 unspecified atom stereocenters. The Morgan fingerprint density at radius 3 is 2.48 bits per heavy atom. The minimum Gasteiger partial charge on any atom is -0.341 e. The average Bonchev–Trinajstić information content (AvgIpc) is 3.20. The molecule has 168 valence electrons. The summed E-state index contributed by atoms with van der Waals surface area (Å²) in [4.78, 5) is 25.3. The van der Waals surface area contributed by atoms with E-state index in [0.29, 0.717) is 23.5 Å². The number of hydrogen-bond donors (Lipinski definition) is 1. The molecular weight excluding hydrogens is 412 g/mol. The van der Waals surface area contributed by atoms with E-state index in [2.05, 4.69) is 17.0 Å². The third-order valence-electron chi connectivity index (χ3n) is 6.15. The van der Waals surface area contributed by atoms with Gasteiger partial charge in [0.2, 0.25) is 5.95 Å². The Kier molecular flexibility index (Phi) is 5.79. The topological polar surface area (TPSA) is 82.0 Å². The van der Waals surface area contributed by atoms with Crippen molar-refractivity contribution >= 4 is 29.3 Å². The Labute approximate surface area is 192 Å². The van der Waals surface area contributed by atoms with E-state index < -0.39 is 0 Å². The normalized spacial score (nSPS) is 16.7. The van der Waals surface area contributed by atoms with Crippen LogP contribution in [0.2, 0.25) is 0 Å². The number of rotatable bonds is 5. The molecule has 2 aromatic carbocycles. The molecule has 0 aliphatic carbocycles. The van der Waals surface area contributed by atoms with Crippen LogP contribution in [0.3, 0.4) is 0 Å². The van der Waals surface area contributed by atoms with E-state index in [0.717, 1.165) is 43.0 Å². The summed E-state index contributed by atoms with van der Waals surface area (Å²) in [6.45, 7) is 2.14. The van der Waals surface area contributed by atoms with Crippen molar-refractivity contribution < 1.29 is 0 Å². The van der Waals surface area contributed by atoms with Crippen LogP contribution in [-0.4, -0.2) is 38.2 Å². The number of benzene rings is 2. The fourth-order valence-electron chi connectivity index (χ4n) is 4.40. The molecule has 0 bridgehead atoms. The molecule has 0 radical (unpaired) electrons. The second kappa shape index (κ2) is 9.03. The summed E-state index contributed by atoms with van der Waals surface area (Å²) in [7, 11) is 1.76. The molecule has 1 aliphatic rings. The highest BCUT2D eigenvalue weighted by atomic mass is 16.1. The summed E-state index contributed by atoms with van der Waals surface area (Å²) in [5, 5.41) is 0. The van der Waals surface area contributed by atoms with Gasteiger partial charge in [-0.3, -0.25) is 13.9 Å². The van der Waals surface area contributed by atoms with Crippen LogP contribution in [0, 0.1) is 0 Å². The van der Waals surface area contributed by atoms with Crippen molar-refractivity contribution in [3.8, 4) is 0 Å². The third-order valence-corrected chi connectivity index (χ3v) is 6.15. The molecule has 7 heteroatoms. The molecule has 0 amide bonds. The fourth-order valence-corrected chi connectivity index (χ4v) is 4.40. The van der Waals surface area contributed by atoms with E-state index in [4.69, 9.17) is 15.7 Å². The summed E-state index contributed by atoms with van der Waals surface area (Å²) >= 11 is 0. The zero-order valence-corrected chi connectivity index (χ0v) is 18.8. The van der Waals surface area contributed by atoms with Crippen LogP contribution < -0.4 is 16.2 Å². The highest BCUT2D eigenvalue weighted by Crippen LogP contribution is 2.24. The van der Waals surface area contributed by atoms with Crippen LogP contribution in [0.25, 0.3) is 23.3 Å². The lowest BCUT2D eigenvalue weighted by atomic mass is 10.1. The molecule has 33 heavy (non-hydrogen) atoms. The van der Waals surface area contributed by atoms with Gasteiger partial charge in [-0.2, -0.15) is 4.98 Å². The average molecular weight is 441 g/mol.